The van der Waals surface area contributed by atoms with Crippen LogP contribution in [0.3, 0.4) is 0 Å². The Bertz CT molecular complexity index is 684. The summed E-state index contributed by atoms with van der Waals surface area (Å²) < 4.78 is 0. The second-order valence-corrected chi connectivity index (χ2v) is 5.31. The maximum Gasteiger partial charge on any atom is 0.354 e. The zero-order valence-electron chi connectivity index (χ0n) is 11.1. The largest absolute Gasteiger partial charge is 0.477 e. The number of aryl methyl sites for hydroxylation is 1. The second kappa shape index (κ2) is 5.81. The van der Waals surface area contributed by atoms with E-state index in [9.17, 15) is 9.90 Å². The molecule has 0 aliphatic rings. The highest BCUT2D eigenvalue weighted by Crippen LogP contribution is 2.30. The van der Waals surface area contributed by atoms with E-state index in [2.05, 4.69) is 4.98 Å². The van der Waals surface area contributed by atoms with E-state index < -0.39 is 5.97 Å². The van der Waals surface area contributed by atoms with Crippen molar-refractivity contribution in [2.45, 2.75) is 20.3 Å². The van der Waals surface area contributed by atoms with Crippen molar-refractivity contribution >= 4 is 29.2 Å². The molecule has 0 radical (unpaired) electrons. The highest BCUT2D eigenvalue weighted by molar-refractivity contribution is 6.41. The van der Waals surface area contributed by atoms with Gasteiger partial charge in [0.2, 0.25) is 0 Å². The molecule has 5 heteroatoms. The number of pyridine rings is 1. The number of benzene rings is 1. The van der Waals surface area contributed by atoms with Crippen molar-refractivity contribution in [2.24, 2.45) is 0 Å². The minimum atomic E-state index is -1.10. The number of hydrogen-bond donors (Lipinski definition) is 1. The SMILES string of the molecule is Cc1ccccc1Cc1c(C(=O)O)nc(Cl)c(Cl)c1C. The summed E-state index contributed by atoms with van der Waals surface area (Å²) in [5.41, 5.74) is 3.35. The fraction of sp³-hybridized carbons (Fsp3) is 0.200. The van der Waals surface area contributed by atoms with E-state index >= 15 is 0 Å². The normalized spacial score (nSPS) is 10.6. The Balaban J connectivity index is 2.59. The number of aromatic carboxylic acids is 1. The lowest BCUT2D eigenvalue weighted by Gasteiger charge is -2.13. The van der Waals surface area contributed by atoms with Gasteiger partial charge in [-0.05, 0) is 36.1 Å². The fourth-order valence-corrected chi connectivity index (χ4v) is 2.45. The molecule has 0 fully saturated rings. The molecule has 1 aromatic carbocycles. The summed E-state index contributed by atoms with van der Waals surface area (Å²) in [6, 6.07) is 7.80. The number of carboxylic acid groups (broad SMARTS) is 1. The first-order valence-corrected chi connectivity index (χ1v) is 6.79. The molecule has 0 atom stereocenters. The van der Waals surface area contributed by atoms with E-state index in [4.69, 9.17) is 23.2 Å². The molecular weight excluding hydrogens is 297 g/mol. The highest BCUT2D eigenvalue weighted by Gasteiger charge is 2.20. The Hall–Kier alpha value is -1.58. The number of nitrogens with zero attached hydrogens (tertiary/aromatic N) is 1. The molecule has 104 valence electrons. The summed E-state index contributed by atoms with van der Waals surface area (Å²) in [5.74, 6) is -1.10. The van der Waals surface area contributed by atoms with Crippen molar-refractivity contribution < 1.29 is 9.90 Å². The van der Waals surface area contributed by atoms with Crippen molar-refractivity contribution in [3.8, 4) is 0 Å². The van der Waals surface area contributed by atoms with Crippen LogP contribution in [0.25, 0.3) is 0 Å². The van der Waals surface area contributed by atoms with Gasteiger partial charge in [-0.3, -0.25) is 0 Å². The summed E-state index contributed by atoms with van der Waals surface area (Å²) in [4.78, 5) is 15.2. The Labute approximate surface area is 127 Å². The van der Waals surface area contributed by atoms with Crippen LogP contribution in [0.5, 0.6) is 0 Å². The standard InChI is InChI=1S/C15H13Cl2NO2/c1-8-5-3-4-6-10(8)7-11-9(2)12(16)14(17)18-13(11)15(19)20/h3-6H,7H2,1-2H3,(H,19,20). The lowest BCUT2D eigenvalue weighted by atomic mass is 9.96. The maximum atomic E-state index is 11.3. The molecule has 0 spiro atoms. The molecule has 20 heavy (non-hydrogen) atoms. The average molecular weight is 310 g/mol. The summed E-state index contributed by atoms with van der Waals surface area (Å²) in [6.07, 6.45) is 0.462. The van der Waals surface area contributed by atoms with Crippen molar-refractivity contribution in [1.29, 1.82) is 0 Å². The van der Waals surface area contributed by atoms with E-state index in [-0.39, 0.29) is 10.8 Å². The molecule has 2 aromatic rings. The molecular formula is C15H13Cl2NO2. The molecule has 0 amide bonds. The van der Waals surface area contributed by atoms with Gasteiger partial charge < -0.3 is 5.11 Å². The van der Waals surface area contributed by atoms with Gasteiger partial charge in [-0.15, -0.1) is 0 Å². The zero-order chi connectivity index (χ0) is 14.9. The minimum absolute atomic E-state index is 0.0232. The van der Waals surface area contributed by atoms with Crippen LogP contribution >= 0.6 is 23.2 Å². The van der Waals surface area contributed by atoms with Crippen molar-refractivity contribution in [3.05, 3.63) is 62.4 Å². The van der Waals surface area contributed by atoms with Gasteiger partial charge in [0.15, 0.2) is 5.69 Å². The van der Waals surface area contributed by atoms with Gasteiger partial charge in [-0.25, -0.2) is 9.78 Å². The predicted octanol–water partition coefficient (Wildman–Crippen LogP) is 4.29. The fourth-order valence-electron chi connectivity index (χ4n) is 2.07. The first-order valence-electron chi connectivity index (χ1n) is 6.04. The van der Waals surface area contributed by atoms with E-state index in [0.717, 1.165) is 11.1 Å². The van der Waals surface area contributed by atoms with Crippen LogP contribution in [0, 0.1) is 13.8 Å². The molecule has 0 unspecified atom stereocenters. The lowest BCUT2D eigenvalue weighted by Crippen LogP contribution is -2.10. The quantitative estimate of drug-likeness (QED) is 0.860. The van der Waals surface area contributed by atoms with Crippen LogP contribution < -0.4 is 0 Å². The van der Waals surface area contributed by atoms with E-state index in [0.29, 0.717) is 22.6 Å². The molecule has 0 bridgehead atoms. The number of hydrogen-bond acceptors (Lipinski definition) is 2. The lowest BCUT2D eigenvalue weighted by molar-refractivity contribution is 0.0689. The average Bonchev–Trinajstić information content (AvgIpc) is 2.41. The maximum absolute atomic E-state index is 11.3. The molecule has 0 saturated carbocycles. The Morgan fingerprint density at radius 2 is 1.90 bits per heavy atom. The number of aromatic nitrogens is 1. The summed E-state index contributed by atoms with van der Waals surface area (Å²) in [6.45, 7) is 3.74. The third kappa shape index (κ3) is 2.79. The number of carbonyl (C=O) groups is 1. The molecule has 1 heterocycles. The first kappa shape index (κ1) is 14.8. The van der Waals surface area contributed by atoms with Crippen molar-refractivity contribution in [3.63, 3.8) is 0 Å². The molecule has 0 saturated heterocycles. The third-order valence-corrected chi connectivity index (χ3v) is 4.12. The van der Waals surface area contributed by atoms with Gasteiger partial charge >= 0.3 is 5.97 Å². The van der Waals surface area contributed by atoms with Gasteiger partial charge in [0.25, 0.3) is 0 Å². The minimum Gasteiger partial charge on any atom is -0.477 e. The van der Waals surface area contributed by atoms with Crippen molar-refractivity contribution in [1.82, 2.24) is 4.98 Å². The van der Waals surface area contributed by atoms with Gasteiger partial charge in [0.05, 0.1) is 5.02 Å². The van der Waals surface area contributed by atoms with E-state index in [1.807, 2.05) is 31.2 Å². The number of rotatable bonds is 3. The first-order chi connectivity index (χ1) is 9.41. The Kier molecular flexibility index (Phi) is 4.31. The molecule has 1 aromatic heterocycles. The van der Waals surface area contributed by atoms with Crippen LogP contribution in [0.15, 0.2) is 24.3 Å². The molecule has 1 N–H and O–H groups in total. The van der Waals surface area contributed by atoms with Crippen LogP contribution in [-0.4, -0.2) is 16.1 Å². The third-order valence-electron chi connectivity index (χ3n) is 3.29. The number of halogens is 2. The van der Waals surface area contributed by atoms with Crippen LogP contribution in [-0.2, 0) is 6.42 Å². The topological polar surface area (TPSA) is 50.2 Å². The van der Waals surface area contributed by atoms with E-state index in [1.54, 1.807) is 6.92 Å². The predicted molar refractivity (Wildman–Crippen MR) is 79.9 cm³/mol. The molecule has 2 rings (SSSR count). The van der Waals surface area contributed by atoms with Crippen molar-refractivity contribution in [2.75, 3.05) is 0 Å². The number of carboxylic acids is 1. The summed E-state index contributed by atoms with van der Waals surface area (Å²) in [5, 5.41) is 9.62. The van der Waals surface area contributed by atoms with Crippen LogP contribution in [0.2, 0.25) is 10.2 Å². The monoisotopic (exact) mass is 309 g/mol. The molecule has 3 nitrogen and oxygen atoms in total. The van der Waals surface area contributed by atoms with Crippen LogP contribution in [0.4, 0.5) is 0 Å². The van der Waals surface area contributed by atoms with Crippen LogP contribution in [0.1, 0.15) is 32.7 Å². The molecule has 0 aliphatic carbocycles. The van der Waals surface area contributed by atoms with Gasteiger partial charge in [-0.2, -0.15) is 0 Å². The summed E-state index contributed by atoms with van der Waals surface area (Å²) >= 11 is 11.9. The van der Waals surface area contributed by atoms with Gasteiger partial charge in [0, 0.05) is 6.42 Å². The summed E-state index contributed by atoms with van der Waals surface area (Å²) in [7, 11) is 0. The Morgan fingerprint density at radius 3 is 2.50 bits per heavy atom. The molecule has 0 aliphatic heterocycles. The second-order valence-electron chi connectivity index (χ2n) is 4.58. The van der Waals surface area contributed by atoms with Gasteiger partial charge in [0.1, 0.15) is 5.15 Å². The Morgan fingerprint density at radius 1 is 1.25 bits per heavy atom. The van der Waals surface area contributed by atoms with Gasteiger partial charge in [-0.1, -0.05) is 47.5 Å². The smallest absolute Gasteiger partial charge is 0.354 e. The zero-order valence-corrected chi connectivity index (χ0v) is 12.6. The highest BCUT2D eigenvalue weighted by atomic mass is 35.5. The van der Waals surface area contributed by atoms with E-state index in [1.165, 1.54) is 0 Å².